The molecule has 4 aromatic rings. The summed E-state index contributed by atoms with van der Waals surface area (Å²) in [5, 5.41) is 7.23. The molecule has 2 aromatic carbocycles. The third-order valence-corrected chi connectivity index (χ3v) is 4.78. The lowest BCUT2D eigenvalue weighted by Gasteiger charge is -2.09. The summed E-state index contributed by atoms with van der Waals surface area (Å²) in [6, 6.07) is 15.2. The van der Waals surface area contributed by atoms with E-state index in [9.17, 15) is 4.79 Å². The van der Waals surface area contributed by atoms with Crippen molar-refractivity contribution in [2.24, 2.45) is 0 Å². The minimum absolute atomic E-state index is 0.139. The number of carbonyl (C=O) groups excluding carboxylic acids is 1. The number of nitrogens with one attached hydrogen (secondary N) is 1. The molecule has 0 unspecified atom stereocenters. The lowest BCUT2D eigenvalue weighted by Crippen LogP contribution is -2.12. The molecule has 1 amide bonds. The van der Waals surface area contributed by atoms with Gasteiger partial charge in [-0.25, -0.2) is 4.98 Å². The molecule has 0 radical (unpaired) electrons. The third-order valence-electron chi connectivity index (χ3n) is 4.78. The predicted octanol–water partition coefficient (Wildman–Crippen LogP) is 3.49. The van der Waals surface area contributed by atoms with Gasteiger partial charge >= 0.3 is 0 Å². The first-order valence-corrected chi connectivity index (χ1v) is 9.47. The molecule has 1 N–H and O–H groups in total. The van der Waals surface area contributed by atoms with Crippen molar-refractivity contribution < 1.29 is 9.53 Å². The van der Waals surface area contributed by atoms with Gasteiger partial charge in [0.05, 0.1) is 24.2 Å². The molecule has 0 bridgehead atoms. The quantitative estimate of drug-likeness (QED) is 0.525. The molecule has 0 atom stereocenters. The molecule has 0 aliphatic carbocycles. The van der Waals surface area contributed by atoms with E-state index >= 15 is 0 Å². The lowest BCUT2D eigenvalue weighted by molar-refractivity contribution is 0.102. The van der Waals surface area contributed by atoms with Gasteiger partial charge in [0.1, 0.15) is 5.82 Å². The number of benzene rings is 2. The van der Waals surface area contributed by atoms with Crippen molar-refractivity contribution in [1.29, 1.82) is 0 Å². The second kappa shape index (κ2) is 8.28. The van der Waals surface area contributed by atoms with Crippen LogP contribution >= 0.6 is 0 Å². The number of nitrogens with zero attached hydrogens (tertiary/aromatic N) is 4. The van der Waals surface area contributed by atoms with Gasteiger partial charge < -0.3 is 14.6 Å². The minimum atomic E-state index is -0.139. The molecule has 0 aliphatic heterocycles. The molecule has 0 saturated heterocycles. The average molecular weight is 389 g/mol. The number of fused-ring (bicyclic) bond motifs is 1. The van der Waals surface area contributed by atoms with Crippen molar-refractivity contribution in [3.8, 4) is 0 Å². The molecule has 148 valence electrons. The highest BCUT2D eigenvalue weighted by Crippen LogP contribution is 2.22. The molecule has 2 aromatic heterocycles. The van der Waals surface area contributed by atoms with Crippen LogP contribution in [0.3, 0.4) is 0 Å². The summed E-state index contributed by atoms with van der Waals surface area (Å²) in [5.41, 5.74) is 4.28. The maximum Gasteiger partial charge on any atom is 0.255 e. The van der Waals surface area contributed by atoms with E-state index in [2.05, 4.69) is 15.0 Å². The van der Waals surface area contributed by atoms with E-state index in [4.69, 9.17) is 9.72 Å². The Labute approximate surface area is 168 Å². The minimum Gasteiger partial charge on any atom is -0.383 e. The van der Waals surface area contributed by atoms with Gasteiger partial charge in [-0.05, 0) is 43.3 Å². The Morgan fingerprint density at radius 3 is 2.72 bits per heavy atom. The SMILES string of the molecule is COCCn1c(Cn2cccn2)nc2cc(NC(=O)c3ccc(C)cc3)ccc21. The van der Waals surface area contributed by atoms with E-state index in [-0.39, 0.29) is 5.91 Å². The van der Waals surface area contributed by atoms with Crippen molar-refractivity contribution in [3.05, 3.63) is 77.9 Å². The lowest BCUT2D eigenvalue weighted by atomic mass is 10.1. The van der Waals surface area contributed by atoms with Gasteiger partial charge in [-0.3, -0.25) is 9.48 Å². The van der Waals surface area contributed by atoms with E-state index in [0.29, 0.717) is 30.9 Å². The van der Waals surface area contributed by atoms with Crippen molar-refractivity contribution in [2.45, 2.75) is 20.0 Å². The van der Waals surface area contributed by atoms with E-state index in [0.717, 1.165) is 22.4 Å². The summed E-state index contributed by atoms with van der Waals surface area (Å²) in [6.45, 7) is 3.84. The van der Waals surface area contributed by atoms with Gasteiger partial charge in [-0.1, -0.05) is 17.7 Å². The van der Waals surface area contributed by atoms with Gasteiger partial charge in [-0.2, -0.15) is 5.10 Å². The fourth-order valence-corrected chi connectivity index (χ4v) is 3.26. The number of ether oxygens (including phenoxy) is 1. The Morgan fingerprint density at radius 1 is 1.17 bits per heavy atom. The molecule has 0 spiro atoms. The monoisotopic (exact) mass is 389 g/mol. The number of hydrogen-bond donors (Lipinski definition) is 1. The fourth-order valence-electron chi connectivity index (χ4n) is 3.26. The number of carbonyl (C=O) groups is 1. The Morgan fingerprint density at radius 2 is 2.00 bits per heavy atom. The average Bonchev–Trinajstić information content (AvgIpc) is 3.34. The van der Waals surface area contributed by atoms with Crippen LogP contribution in [0.5, 0.6) is 0 Å². The van der Waals surface area contributed by atoms with Crippen LogP contribution in [-0.2, 0) is 17.8 Å². The van der Waals surface area contributed by atoms with Crippen LogP contribution in [-0.4, -0.2) is 39.0 Å². The number of amides is 1. The summed E-state index contributed by atoms with van der Waals surface area (Å²) in [5.74, 6) is 0.752. The van der Waals surface area contributed by atoms with E-state index in [1.165, 1.54) is 0 Å². The Bertz CT molecular complexity index is 1110. The van der Waals surface area contributed by atoms with Crippen LogP contribution in [0.1, 0.15) is 21.7 Å². The standard InChI is InChI=1S/C22H23N5O2/c1-16-4-6-17(7-5-16)22(28)24-18-8-9-20-19(14-18)25-21(27(20)12-13-29-2)15-26-11-3-10-23-26/h3-11,14H,12-13,15H2,1-2H3,(H,24,28). The van der Waals surface area contributed by atoms with E-state index < -0.39 is 0 Å². The zero-order valence-electron chi connectivity index (χ0n) is 16.5. The number of imidazole rings is 1. The molecular formula is C22H23N5O2. The zero-order valence-corrected chi connectivity index (χ0v) is 16.5. The van der Waals surface area contributed by atoms with Gasteiger partial charge in [-0.15, -0.1) is 0 Å². The Hall–Kier alpha value is -3.45. The number of rotatable bonds is 7. The highest BCUT2D eigenvalue weighted by atomic mass is 16.5. The van der Waals surface area contributed by atoms with Crippen LogP contribution in [0.4, 0.5) is 5.69 Å². The number of methoxy groups -OCH3 is 1. The summed E-state index contributed by atoms with van der Waals surface area (Å²) in [4.78, 5) is 17.3. The second-order valence-electron chi connectivity index (χ2n) is 6.90. The highest BCUT2D eigenvalue weighted by Gasteiger charge is 2.13. The smallest absolute Gasteiger partial charge is 0.255 e. The summed E-state index contributed by atoms with van der Waals surface area (Å²) < 4.78 is 9.23. The maximum atomic E-state index is 12.5. The summed E-state index contributed by atoms with van der Waals surface area (Å²) in [7, 11) is 1.69. The topological polar surface area (TPSA) is 74.0 Å². The van der Waals surface area contributed by atoms with Gasteiger partial charge in [0, 0.05) is 37.3 Å². The Balaban J connectivity index is 1.62. The van der Waals surface area contributed by atoms with Crippen molar-refractivity contribution in [3.63, 3.8) is 0 Å². The van der Waals surface area contributed by atoms with Gasteiger partial charge in [0.2, 0.25) is 0 Å². The van der Waals surface area contributed by atoms with Crippen LogP contribution in [0.25, 0.3) is 11.0 Å². The third kappa shape index (κ3) is 4.20. The maximum absolute atomic E-state index is 12.5. The number of hydrogen-bond acceptors (Lipinski definition) is 4. The summed E-state index contributed by atoms with van der Waals surface area (Å²) >= 11 is 0. The first kappa shape index (κ1) is 18.9. The molecule has 29 heavy (non-hydrogen) atoms. The van der Waals surface area contributed by atoms with E-state index in [1.54, 1.807) is 13.3 Å². The van der Waals surface area contributed by atoms with Gasteiger partial charge in [0.25, 0.3) is 5.91 Å². The van der Waals surface area contributed by atoms with Crippen molar-refractivity contribution in [1.82, 2.24) is 19.3 Å². The van der Waals surface area contributed by atoms with Crippen LogP contribution in [0.2, 0.25) is 0 Å². The first-order valence-electron chi connectivity index (χ1n) is 9.47. The number of aromatic nitrogens is 4. The van der Waals surface area contributed by atoms with E-state index in [1.807, 2.05) is 66.3 Å². The van der Waals surface area contributed by atoms with Gasteiger partial charge in [0.15, 0.2) is 0 Å². The molecule has 7 nitrogen and oxygen atoms in total. The van der Waals surface area contributed by atoms with Crippen molar-refractivity contribution in [2.75, 3.05) is 19.0 Å². The molecule has 0 aliphatic rings. The normalized spacial score (nSPS) is 11.1. The van der Waals surface area contributed by atoms with Crippen LogP contribution < -0.4 is 5.32 Å². The molecule has 0 saturated carbocycles. The first-order chi connectivity index (χ1) is 14.1. The van der Waals surface area contributed by atoms with Crippen molar-refractivity contribution >= 4 is 22.6 Å². The predicted molar refractivity (Wildman–Crippen MR) is 112 cm³/mol. The largest absolute Gasteiger partial charge is 0.383 e. The van der Waals surface area contributed by atoms with Crippen LogP contribution in [0.15, 0.2) is 60.9 Å². The van der Waals surface area contributed by atoms with Crippen LogP contribution in [0, 0.1) is 6.92 Å². The molecule has 4 rings (SSSR count). The number of aryl methyl sites for hydroxylation is 1. The highest BCUT2D eigenvalue weighted by molar-refractivity contribution is 6.05. The summed E-state index contributed by atoms with van der Waals surface area (Å²) in [6.07, 6.45) is 3.66. The molecular weight excluding hydrogens is 366 g/mol. The number of anilines is 1. The zero-order chi connectivity index (χ0) is 20.2. The molecule has 2 heterocycles. The molecule has 0 fully saturated rings. The molecule has 7 heteroatoms. The second-order valence-corrected chi connectivity index (χ2v) is 6.90. The Kier molecular flexibility index (Phi) is 5.39. The fraction of sp³-hybridized carbons (Fsp3) is 0.227.